The summed E-state index contributed by atoms with van der Waals surface area (Å²) in [5.41, 5.74) is 0.774. The summed E-state index contributed by atoms with van der Waals surface area (Å²) < 4.78 is 15.1. The molecule has 0 aliphatic rings. The van der Waals surface area contributed by atoms with Crippen molar-refractivity contribution >= 4 is 56.5 Å². The zero-order valence-corrected chi connectivity index (χ0v) is 10.9. The number of hydrogen-bond donors (Lipinski definition) is 3. The van der Waals surface area contributed by atoms with E-state index in [0.29, 0.717) is 5.39 Å². The summed E-state index contributed by atoms with van der Waals surface area (Å²) in [5.74, 6) is 0.161. The van der Waals surface area contributed by atoms with Crippen LogP contribution in [0.4, 0.5) is 0 Å². The first-order chi connectivity index (χ1) is 6.56. The standard InChI is InChI=1S/C8H8NO4P.Ca/c10-14(11,12)13-8-5-9-7-4-2-1-3-6(7)8;/h1-5,9H,(H2,10,11,12);. The molecule has 0 aliphatic carbocycles. The molecule has 0 saturated heterocycles. The number of benzene rings is 1. The third-order valence-corrected chi connectivity index (χ3v) is 2.20. The number of phosphoric ester groups is 1. The van der Waals surface area contributed by atoms with Crippen LogP contribution in [0.5, 0.6) is 5.75 Å². The summed E-state index contributed by atoms with van der Waals surface area (Å²) in [6.45, 7) is 0. The molecule has 0 amide bonds. The molecular formula is C8H8CaNO4P. The van der Waals surface area contributed by atoms with E-state index in [0.717, 1.165) is 5.52 Å². The Morgan fingerprint density at radius 3 is 2.60 bits per heavy atom. The van der Waals surface area contributed by atoms with Crippen LogP contribution >= 0.6 is 7.82 Å². The molecule has 2 radical (unpaired) electrons. The number of para-hydroxylation sites is 1. The van der Waals surface area contributed by atoms with Crippen molar-refractivity contribution in [3.05, 3.63) is 30.5 Å². The zero-order valence-electron chi connectivity index (χ0n) is 7.75. The molecule has 1 aromatic heterocycles. The van der Waals surface area contributed by atoms with Crippen molar-refractivity contribution < 1.29 is 18.9 Å². The molecule has 3 N–H and O–H groups in total. The van der Waals surface area contributed by atoms with Crippen molar-refractivity contribution in [2.45, 2.75) is 0 Å². The van der Waals surface area contributed by atoms with Gasteiger partial charge in [0, 0.05) is 54.8 Å². The molecule has 15 heavy (non-hydrogen) atoms. The maximum Gasteiger partial charge on any atom is 0.524 e. The maximum absolute atomic E-state index is 10.6. The Morgan fingerprint density at radius 1 is 1.27 bits per heavy atom. The van der Waals surface area contributed by atoms with E-state index in [1.807, 2.05) is 6.07 Å². The number of H-pyrrole nitrogens is 1. The number of rotatable bonds is 2. The van der Waals surface area contributed by atoms with Crippen molar-refractivity contribution in [2.75, 3.05) is 0 Å². The first-order valence-corrected chi connectivity index (χ1v) is 5.40. The quantitative estimate of drug-likeness (QED) is 0.555. The van der Waals surface area contributed by atoms with Crippen LogP contribution in [0.2, 0.25) is 0 Å². The first-order valence-electron chi connectivity index (χ1n) is 3.87. The van der Waals surface area contributed by atoms with Gasteiger partial charge in [-0.05, 0) is 12.1 Å². The summed E-state index contributed by atoms with van der Waals surface area (Å²) >= 11 is 0. The molecule has 1 aromatic carbocycles. The molecule has 2 aromatic rings. The molecule has 0 unspecified atom stereocenters. The van der Waals surface area contributed by atoms with E-state index >= 15 is 0 Å². The second-order valence-electron chi connectivity index (χ2n) is 2.78. The van der Waals surface area contributed by atoms with E-state index in [1.165, 1.54) is 6.20 Å². The van der Waals surface area contributed by atoms with Crippen molar-refractivity contribution in [3.8, 4) is 5.75 Å². The van der Waals surface area contributed by atoms with Gasteiger partial charge in [-0.25, -0.2) is 4.57 Å². The van der Waals surface area contributed by atoms with E-state index in [2.05, 4.69) is 9.51 Å². The molecule has 0 atom stereocenters. The molecule has 1 heterocycles. The Labute approximate surface area is 116 Å². The fraction of sp³-hybridized carbons (Fsp3) is 0. The molecule has 0 aliphatic heterocycles. The summed E-state index contributed by atoms with van der Waals surface area (Å²) in [5, 5.41) is 0.649. The van der Waals surface area contributed by atoms with E-state index in [9.17, 15) is 4.57 Å². The smallest absolute Gasteiger partial charge is 0.402 e. The second kappa shape index (κ2) is 4.87. The SMILES string of the molecule is O=P(O)(O)Oc1c[nH]c2ccccc12.[Ca]. The summed E-state index contributed by atoms with van der Waals surface area (Å²) in [6, 6.07) is 7.10. The number of hydrogen-bond acceptors (Lipinski definition) is 2. The van der Waals surface area contributed by atoms with Crippen LogP contribution in [0.3, 0.4) is 0 Å². The normalized spacial score (nSPS) is 11.1. The van der Waals surface area contributed by atoms with Gasteiger partial charge < -0.3 is 9.51 Å². The van der Waals surface area contributed by atoms with E-state index in [4.69, 9.17) is 9.79 Å². The van der Waals surface area contributed by atoms with Crippen LogP contribution in [0.1, 0.15) is 0 Å². The van der Waals surface area contributed by atoms with Gasteiger partial charge in [-0.15, -0.1) is 0 Å². The third-order valence-electron chi connectivity index (χ3n) is 1.77. The van der Waals surface area contributed by atoms with Crippen molar-refractivity contribution in [3.63, 3.8) is 0 Å². The second-order valence-corrected chi connectivity index (χ2v) is 3.94. The molecule has 2 rings (SSSR count). The number of fused-ring (bicyclic) bond motifs is 1. The average Bonchev–Trinajstić information content (AvgIpc) is 2.47. The monoisotopic (exact) mass is 253 g/mol. The molecular weight excluding hydrogens is 245 g/mol. The maximum atomic E-state index is 10.6. The molecule has 0 bridgehead atoms. The fourth-order valence-electron chi connectivity index (χ4n) is 1.25. The van der Waals surface area contributed by atoms with E-state index in [1.54, 1.807) is 18.2 Å². The number of aromatic amines is 1. The predicted molar refractivity (Wildman–Crippen MR) is 56.7 cm³/mol. The number of phosphoric acid groups is 1. The molecule has 0 saturated carbocycles. The van der Waals surface area contributed by atoms with Gasteiger partial charge >= 0.3 is 7.82 Å². The Hall–Kier alpha value is -0.0303. The van der Waals surface area contributed by atoms with Crippen LogP contribution in [-0.4, -0.2) is 52.5 Å². The van der Waals surface area contributed by atoms with Gasteiger partial charge in [0.1, 0.15) is 0 Å². The van der Waals surface area contributed by atoms with Gasteiger partial charge in [0.25, 0.3) is 0 Å². The van der Waals surface area contributed by atoms with Crippen molar-refractivity contribution in [1.29, 1.82) is 0 Å². The Balaban J connectivity index is 0.00000112. The van der Waals surface area contributed by atoms with Gasteiger partial charge in [-0.2, -0.15) is 0 Å². The molecule has 5 nitrogen and oxygen atoms in total. The van der Waals surface area contributed by atoms with Crippen molar-refractivity contribution in [2.24, 2.45) is 0 Å². The first kappa shape index (κ1) is 13.0. The number of aromatic nitrogens is 1. The molecule has 76 valence electrons. The molecule has 7 heteroatoms. The van der Waals surface area contributed by atoms with Gasteiger partial charge in [-0.3, -0.25) is 9.79 Å². The minimum Gasteiger partial charge on any atom is -0.402 e. The Bertz CT molecular complexity index is 506. The molecule has 0 fully saturated rings. The Kier molecular flexibility index (Phi) is 4.23. The Morgan fingerprint density at radius 2 is 1.93 bits per heavy atom. The van der Waals surface area contributed by atoms with Crippen LogP contribution in [0.25, 0.3) is 10.9 Å². The summed E-state index contributed by atoms with van der Waals surface area (Å²) in [7, 11) is -4.48. The van der Waals surface area contributed by atoms with Gasteiger partial charge in [0.05, 0.1) is 0 Å². The van der Waals surface area contributed by atoms with Crippen molar-refractivity contribution in [1.82, 2.24) is 4.98 Å². The zero-order chi connectivity index (χ0) is 10.2. The fourth-order valence-corrected chi connectivity index (χ4v) is 1.66. The minimum absolute atomic E-state index is 0. The van der Waals surface area contributed by atoms with Crippen LogP contribution in [0.15, 0.2) is 30.5 Å². The van der Waals surface area contributed by atoms with Gasteiger partial charge in [0.15, 0.2) is 5.75 Å². The minimum atomic E-state index is -4.48. The predicted octanol–water partition coefficient (Wildman–Crippen LogP) is 1.26. The van der Waals surface area contributed by atoms with Crippen LogP contribution in [-0.2, 0) is 4.57 Å². The van der Waals surface area contributed by atoms with Crippen LogP contribution < -0.4 is 4.52 Å². The topological polar surface area (TPSA) is 82.6 Å². The third kappa shape index (κ3) is 3.21. The largest absolute Gasteiger partial charge is 0.524 e. The molecule has 0 spiro atoms. The average molecular weight is 253 g/mol. The number of nitrogens with one attached hydrogen (secondary N) is 1. The summed E-state index contributed by atoms with van der Waals surface area (Å²) in [4.78, 5) is 20.1. The van der Waals surface area contributed by atoms with Gasteiger partial charge in [0.2, 0.25) is 0 Å². The van der Waals surface area contributed by atoms with E-state index < -0.39 is 7.82 Å². The van der Waals surface area contributed by atoms with Crippen LogP contribution in [0, 0.1) is 0 Å². The van der Waals surface area contributed by atoms with E-state index in [-0.39, 0.29) is 43.5 Å². The summed E-state index contributed by atoms with van der Waals surface area (Å²) in [6.07, 6.45) is 1.42. The van der Waals surface area contributed by atoms with Gasteiger partial charge in [-0.1, -0.05) is 12.1 Å².